The zero-order valence-electron chi connectivity index (χ0n) is 49.1. The molecular formula is C63H72N6O12S4. The van der Waals surface area contributed by atoms with Gasteiger partial charge in [0.05, 0.1) is 54.1 Å². The number of nitrogens with one attached hydrogen (secondary N) is 1. The Morgan fingerprint density at radius 2 is 1.31 bits per heavy atom. The number of ketones is 1. The summed E-state index contributed by atoms with van der Waals surface area (Å²) in [5, 5.41) is 1.26. The van der Waals surface area contributed by atoms with Crippen LogP contribution >= 0.6 is 33.3 Å². The van der Waals surface area contributed by atoms with E-state index in [1.807, 2.05) is 117 Å². The lowest BCUT2D eigenvalue weighted by atomic mass is 10.1. The van der Waals surface area contributed by atoms with E-state index in [4.69, 9.17) is 18.4 Å². The number of imide groups is 1. The summed E-state index contributed by atoms with van der Waals surface area (Å²) in [5.74, 6) is 0.229. The fourth-order valence-electron chi connectivity index (χ4n) is 12.1. The monoisotopic (exact) mass is 1230 g/mol. The number of fused-ring (bicyclic) bond motifs is 8. The molecule has 5 aliphatic heterocycles. The minimum absolute atomic E-state index is 0.00652. The summed E-state index contributed by atoms with van der Waals surface area (Å²) in [4.78, 5) is 90.0. The number of anilines is 5. The summed E-state index contributed by atoms with van der Waals surface area (Å²) < 4.78 is 49.3. The molecule has 0 aliphatic carbocycles. The lowest BCUT2D eigenvalue weighted by Gasteiger charge is -2.25. The number of carbonyl (C=O) groups excluding carboxylic acids is 6. The van der Waals surface area contributed by atoms with E-state index >= 15 is 0 Å². The van der Waals surface area contributed by atoms with E-state index in [2.05, 4.69) is 27.2 Å². The van der Waals surface area contributed by atoms with Crippen LogP contribution in [0.1, 0.15) is 101 Å². The van der Waals surface area contributed by atoms with Crippen molar-refractivity contribution in [2.45, 2.75) is 113 Å². The minimum Gasteiger partial charge on any atom is -0.493 e. The number of Topliss-reactive ketones (excluding diaryl/α,β-unsaturated/α-hetero) is 1. The Balaban J connectivity index is 0.820. The number of thioether (sulfide) groups is 1. The maximum Gasteiger partial charge on any atom is 0.277 e. The maximum atomic E-state index is 14.3. The highest BCUT2D eigenvalue weighted by atomic mass is 33.1. The molecule has 5 aliphatic rings. The number of benzene rings is 5. The van der Waals surface area contributed by atoms with Gasteiger partial charge in [0.1, 0.15) is 24.2 Å². The quantitative estimate of drug-likeness (QED) is 0.0264. The van der Waals surface area contributed by atoms with E-state index in [-0.39, 0.29) is 93.5 Å². The van der Waals surface area contributed by atoms with Gasteiger partial charge in [0.15, 0.2) is 17.3 Å². The third-order valence-corrected chi connectivity index (χ3v) is 22.4. The highest BCUT2D eigenvalue weighted by Gasteiger charge is 2.42. The van der Waals surface area contributed by atoms with Crippen LogP contribution < -0.4 is 39.1 Å². The molecule has 5 aromatic rings. The summed E-state index contributed by atoms with van der Waals surface area (Å²) in [7, 11) is 5.22. The van der Waals surface area contributed by atoms with Crippen molar-refractivity contribution in [1.82, 2.24) is 4.90 Å². The van der Waals surface area contributed by atoms with Gasteiger partial charge in [-0.25, -0.2) is 0 Å². The highest BCUT2D eigenvalue weighted by Crippen LogP contribution is 2.44. The van der Waals surface area contributed by atoms with Gasteiger partial charge < -0.3 is 39.1 Å². The Hall–Kier alpha value is -6.72. The van der Waals surface area contributed by atoms with E-state index in [9.17, 15) is 37.2 Å². The highest BCUT2D eigenvalue weighted by molar-refractivity contribution is 8.77. The number of likely N-dealkylation sites (tertiary alicyclic amines) is 1. The fourth-order valence-corrected chi connectivity index (χ4v) is 16.6. The first kappa shape index (κ1) is 61.4. The van der Waals surface area contributed by atoms with Gasteiger partial charge in [-0.1, -0.05) is 58.0 Å². The van der Waals surface area contributed by atoms with Crippen molar-refractivity contribution < 1.29 is 55.6 Å². The molecule has 5 heterocycles. The lowest BCUT2D eigenvalue weighted by molar-refractivity contribution is -0.138. The number of amides is 5. The number of likely N-dealkylation sites (N-methyl/N-ethyl adjacent to an activating group) is 2. The van der Waals surface area contributed by atoms with Gasteiger partial charge in [0.25, 0.3) is 21.9 Å². The molecule has 0 saturated carbocycles. The number of rotatable bonds is 24. The molecule has 5 aromatic carbocycles. The molecule has 22 heteroatoms. The lowest BCUT2D eigenvalue weighted by Crippen LogP contribution is -2.41. The van der Waals surface area contributed by atoms with Crippen molar-refractivity contribution >= 4 is 107 Å². The average Bonchev–Trinajstić information content (AvgIpc) is 1.98. The summed E-state index contributed by atoms with van der Waals surface area (Å²) in [6.45, 7) is 7.40. The standard InChI is InChI=1S/C63H72N6O12S4/c1-38-24-46-50(65(4)34-44-28-41-14-9-11-16-48(41)68(44)60(46)73)31-53(38)80-36-39-25-40(37-81-55-32-51-47(30-54(55)78-6)61(74)69-45(35-66(51)5)29-42-15-10-12-17-49(42)69)27-43(26-39)64-58(71)19-21-63(2,3)84-83-23-20-57(85(76,77)79-7)52(70)18-13-22-67-59(72)33-56(82-8)62(67)75/h9-12,14-17,24-27,30-32,44-45,56-57H,13,18-23,28-29,33-37H2,1-8H3,(H,64,71)/t44-,45-,56?,57?/m0/s1. The number of carbonyl (C=O) groups is 6. The van der Waals surface area contributed by atoms with Gasteiger partial charge in [-0.2, -0.15) is 20.2 Å². The van der Waals surface area contributed by atoms with Crippen molar-refractivity contribution in [2.24, 2.45) is 0 Å². The van der Waals surface area contributed by atoms with E-state index in [0.717, 1.165) is 75.4 Å². The van der Waals surface area contributed by atoms with Crippen LogP contribution in [-0.4, -0.2) is 136 Å². The number of ether oxygens (including phenoxy) is 3. The van der Waals surface area contributed by atoms with E-state index < -0.39 is 31.1 Å². The molecule has 85 heavy (non-hydrogen) atoms. The van der Waals surface area contributed by atoms with Crippen LogP contribution in [0.15, 0.2) is 91.0 Å². The topological polar surface area (TPSA) is 202 Å². The molecule has 0 radical (unpaired) electrons. The normalized spacial score (nSPS) is 18.5. The van der Waals surface area contributed by atoms with E-state index in [1.54, 1.807) is 19.4 Å². The first-order valence-electron chi connectivity index (χ1n) is 28.5. The minimum atomic E-state index is -4.22. The Morgan fingerprint density at radius 3 is 1.88 bits per heavy atom. The molecule has 5 amide bonds. The molecule has 0 spiro atoms. The third kappa shape index (κ3) is 13.2. The molecule has 0 bridgehead atoms. The molecule has 4 atom stereocenters. The third-order valence-electron chi connectivity index (χ3n) is 16.5. The Labute approximate surface area is 509 Å². The van der Waals surface area contributed by atoms with Crippen molar-refractivity contribution in [3.8, 4) is 17.2 Å². The molecule has 450 valence electrons. The van der Waals surface area contributed by atoms with Crippen molar-refractivity contribution in [3.63, 3.8) is 0 Å². The van der Waals surface area contributed by atoms with E-state index in [1.165, 1.54) is 33.3 Å². The number of hydrogen-bond acceptors (Lipinski definition) is 17. The molecule has 0 aromatic heterocycles. The largest absolute Gasteiger partial charge is 0.493 e. The molecule has 1 fully saturated rings. The van der Waals surface area contributed by atoms with Gasteiger partial charge in [-0.3, -0.25) is 37.9 Å². The van der Waals surface area contributed by atoms with Crippen LogP contribution in [0.25, 0.3) is 0 Å². The summed E-state index contributed by atoms with van der Waals surface area (Å²) in [6.07, 6.45) is 4.01. The van der Waals surface area contributed by atoms with E-state index in [0.29, 0.717) is 59.3 Å². The summed E-state index contributed by atoms with van der Waals surface area (Å²) in [6, 6.07) is 29.2. The van der Waals surface area contributed by atoms with Crippen LogP contribution in [-0.2, 0) is 59.5 Å². The smallest absolute Gasteiger partial charge is 0.277 e. The second-order valence-corrected chi connectivity index (χ2v) is 28.9. The fraction of sp³-hybridized carbons (Fsp3) is 0.429. The van der Waals surface area contributed by atoms with Gasteiger partial charge in [-0.05, 0) is 129 Å². The zero-order chi connectivity index (χ0) is 60.5. The predicted octanol–water partition coefficient (Wildman–Crippen LogP) is 9.66. The molecule has 1 N–H and O–H groups in total. The SMILES string of the molecule is COc1cc2c(cc1OCc1cc(COc3cc4c(cc3C)C(=O)N3c5ccccc5C[C@H]3CN4C)cc(NC(=O)CCC(C)(C)SSCCC(C(=O)CCCN3C(=O)CC(SC)C3=O)S(=O)(=O)OC)c1)N(C)C[C@@H]1Cc3ccccc3N1C2=O. The van der Waals surface area contributed by atoms with Gasteiger partial charge in [0, 0.05) is 92.7 Å². The average molecular weight is 1230 g/mol. The maximum absolute atomic E-state index is 14.3. The first-order chi connectivity index (χ1) is 40.7. The van der Waals surface area contributed by atoms with Crippen molar-refractivity contribution in [1.29, 1.82) is 0 Å². The van der Waals surface area contributed by atoms with Gasteiger partial charge in [-0.15, -0.1) is 0 Å². The summed E-state index contributed by atoms with van der Waals surface area (Å²) in [5.41, 5.74) is 9.56. The molecular weight excluding hydrogens is 1160 g/mol. The first-order valence-corrected chi connectivity index (χ1v) is 33.5. The van der Waals surface area contributed by atoms with Crippen LogP contribution in [0.5, 0.6) is 17.2 Å². The van der Waals surface area contributed by atoms with Crippen LogP contribution in [0.2, 0.25) is 0 Å². The van der Waals surface area contributed by atoms with Crippen molar-refractivity contribution in [2.75, 3.05) is 84.9 Å². The van der Waals surface area contributed by atoms with Gasteiger partial charge in [0.2, 0.25) is 17.7 Å². The van der Waals surface area contributed by atoms with Crippen molar-refractivity contribution in [3.05, 3.63) is 130 Å². The van der Waals surface area contributed by atoms with Crippen LogP contribution in [0.3, 0.4) is 0 Å². The Morgan fingerprint density at radius 1 is 0.729 bits per heavy atom. The summed E-state index contributed by atoms with van der Waals surface area (Å²) >= 11 is 1.30. The van der Waals surface area contributed by atoms with Gasteiger partial charge >= 0.3 is 0 Å². The zero-order valence-corrected chi connectivity index (χ0v) is 52.4. The Bertz CT molecular complexity index is 3560. The molecule has 10 rings (SSSR count). The molecule has 1 saturated heterocycles. The van der Waals surface area contributed by atoms with Crippen LogP contribution in [0.4, 0.5) is 28.4 Å². The number of para-hydroxylation sites is 2. The molecule has 2 unspecified atom stereocenters. The predicted molar refractivity (Wildman–Crippen MR) is 337 cm³/mol. The Kier molecular flexibility index (Phi) is 18.6. The number of hydrogen-bond donors (Lipinski definition) is 1. The second-order valence-electron chi connectivity index (χ2n) is 22.9. The molecule has 18 nitrogen and oxygen atoms in total. The number of methoxy groups -OCH3 is 1. The number of nitrogens with zero attached hydrogens (tertiary/aromatic N) is 5. The number of aryl methyl sites for hydroxylation is 1. The van der Waals surface area contributed by atoms with Crippen LogP contribution in [0, 0.1) is 6.92 Å². The second kappa shape index (κ2) is 25.7.